The Morgan fingerprint density at radius 1 is 1.12 bits per heavy atom. The highest BCUT2D eigenvalue weighted by Gasteiger charge is 2.75. The number of aromatic hydroxyl groups is 1. The van der Waals surface area contributed by atoms with Gasteiger partial charge >= 0.3 is 0 Å². The zero-order valence-corrected chi connectivity index (χ0v) is 19.5. The Morgan fingerprint density at radius 2 is 1.88 bits per heavy atom. The number of hydrogen-bond donors (Lipinski definition) is 2. The summed E-state index contributed by atoms with van der Waals surface area (Å²) in [6.07, 6.45) is 3.95. The maximum atomic E-state index is 13.5. The highest BCUT2D eigenvalue weighted by Crippen LogP contribution is 2.64. The first-order valence-corrected chi connectivity index (χ1v) is 11.8. The second-order valence-electron chi connectivity index (χ2n) is 9.63. The number of nitrogens with zero attached hydrogens (tertiary/aromatic N) is 1. The first-order valence-electron chi connectivity index (χ1n) is 11.0. The van der Waals surface area contributed by atoms with Crippen molar-refractivity contribution in [3.05, 3.63) is 47.2 Å². The first-order chi connectivity index (χ1) is 16.1. The molecule has 0 spiro atoms. The first kappa shape index (κ1) is 21.7. The molecular formula is C24H20Cl2N2O6. The van der Waals surface area contributed by atoms with E-state index in [1.807, 2.05) is 6.08 Å². The molecule has 2 N–H and O–H groups in total. The van der Waals surface area contributed by atoms with Gasteiger partial charge in [0.15, 0.2) is 9.75 Å². The van der Waals surface area contributed by atoms with Crippen molar-refractivity contribution in [2.24, 2.45) is 23.7 Å². The number of phenolic OH excluding ortho intramolecular Hbond substituents is 1. The predicted octanol–water partition coefficient (Wildman–Crippen LogP) is 2.02. The van der Waals surface area contributed by atoms with E-state index in [1.165, 1.54) is 19.4 Å². The highest BCUT2D eigenvalue weighted by molar-refractivity contribution is 6.53. The SMILES string of the molecule is CN1C(=O)C2(Cl)CC3C(=CCC4C(=O)NC(=O)C43)C(C3=COc4ccc(O)cc4C3)C2(Cl)C1=O. The molecule has 34 heavy (non-hydrogen) atoms. The molecule has 5 aliphatic rings. The van der Waals surface area contributed by atoms with Gasteiger partial charge in [-0.25, -0.2) is 0 Å². The van der Waals surface area contributed by atoms with Crippen LogP contribution in [0.4, 0.5) is 0 Å². The van der Waals surface area contributed by atoms with Crippen LogP contribution < -0.4 is 10.1 Å². The number of rotatable bonds is 1. The Hall–Kier alpha value is -2.84. The largest absolute Gasteiger partial charge is 0.508 e. The molecule has 0 bridgehead atoms. The van der Waals surface area contributed by atoms with Gasteiger partial charge in [-0.2, -0.15) is 0 Å². The van der Waals surface area contributed by atoms with Gasteiger partial charge in [-0.15, -0.1) is 23.2 Å². The summed E-state index contributed by atoms with van der Waals surface area (Å²) < 4.78 is 5.82. The quantitative estimate of drug-likeness (QED) is 0.345. The van der Waals surface area contributed by atoms with E-state index in [0.717, 1.165) is 4.90 Å². The monoisotopic (exact) mass is 502 g/mol. The third-order valence-electron chi connectivity index (χ3n) is 8.00. The maximum absolute atomic E-state index is 13.5. The highest BCUT2D eigenvalue weighted by atomic mass is 35.5. The molecule has 1 aromatic rings. The van der Waals surface area contributed by atoms with E-state index in [4.69, 9.17) is 27.9 Å². The number of carbonyl (C=O) groups excluding carboxylic acids is 4. The molecule has 6 atom stereocenters. The molecule has 3 aliphatic heterocycles. The Morgan fingerprint density at radius 3 is 2.65 bits per heavy atom. The van der Waals surface area contributed by atoms with Crippen LogP contribution in [0, 0.1) is 23.7 Å². The van der Waals surface area contributed by atoms with E-state index < -0.39 is 51.1 Å². The number of alkyl halides is 2. The third kappa shape index (κ3) is 2.50. The van der Waals surface area contributed by atoms with Gasteiger partial charge in [-0.1, -0.05) is 11.6 Å². The molecule has 2 saturated heterocycles. The van der Waals surface area contributed by atoms with E-state index in [9.17, 15) is 24.3 Å². The number of likely N-dealkylation sites (tertiary alicyclic amines) is 1. The van der Waals surface area contributed by atoms with Gasteiger partial charge in [0.25, 0.3) is 11.8 Å². The number of amides is 4. The number of carbonyl (C=O) groups is 4. The van der Waals surface area contributed by atoms with E-state index in [-0.39, 0.29) is 18.1 Å². The second-order valence-corrected chi connectivity index (χ2v) is 10.9. The Bertz CT molecular complexity index is 1270. The third-order valence-corrected chi connectivity index (χ3v) is 9.42. The zero-order valence-electron chi connectivity index (χ0n) is 18.0. The van der Waals surface area contributed by atoms with Crippen LogP contribution in [0.1, 0.15) is 18.4 Å². The standard InChI is InChI=1S/C24H20Cl2N2O6/c1-28-21(32)23(25)8-15-13(3-4-14-17(15)20(31)27-19(14)30)18(24(23,26)22(28)33)11-6-10-7-12(29)2-5-16(10)34-9-11/h2-3,5,7,9,14-15,17-18,29H,4,6,8H2,1H3,(H,27,30,31). The molecule has 176 valence electrons. The second kappa shape index (κ2) is 6.86. The van der Waals surface area contributed by atoms with Gasteiger partial charge in [-0.05, 0) is 42.5 Å². The van der Waals surface area contributed by atoms with Crippen LogP contribution in [0.5, 0.6) is 11.5 Å². The van der Waals surface area contributed by atoms with Crippen LogP contribution in [0.15, 0.2) is 41.7 Å². The van der Waals surface area contributed by atoms with Crippen molar-refractivity contribution >= 4 is 46.8 Å². The van der Waals surface area contributed by atoms with Crippen molar-refractivity contribution in [3.8, 4) is 11.5 Å². The normalized spacial score (nSPS) is 38.3. The van der Waals surface area contributed by atoms with Crippen molar-refractivity contribution in [2.75, 3.05) is 7.05 Å². The summed E-state index contributed by atoms with van der Waals surface area (Å²) in [7, 11) is 1.35. The summed E-state index contributed by atoms with van der Waals surface area (Å²) in [5.41, 5.74) is 2.01. The minimum Gasteiger partial charge on any atom is -0.508 e. The molecule has 1 saturated carbocycles. The fourth-order valence-corrected chi connectivity index (χ4v) is 7.50. The van der Waals surface area contributed by atoms with Gasteiger partial charge in [-0.3, -0.25) is 29.4 Å². The lowest BCUT2D eigenvalue weighted by molar-refractivity contribution is -0.138. The Labute approximate surface area is 204 Å². The molecule has 3 fully saturated rings. The van der Waals surface area contributed by atoms with Crippen LogP contribution in [0.2, 0.25) is 0 Å². The van der Waals surface area contributed by atoms with Crippen molar-refractivity contribution < 1.29 is 29.0 Å². The maximum Gasteiger partial charge on any atom is 0.253 e. The number of halogens is 2. The molecule has 8 nitrogen and oxygen atoms in total. The number of phenols is 1. The topological polar surface area (TPSA) is 113 Å². The number of ether oxygens (including phenoxy) is 1. The molecule has 1 aromatic carbocycles. The number of hydrogen-bond acceptors (Lipinski definition) is 6. The van der Waals surface area contributed by atoms with Crippen molar-refractivity contribution in [2.45, 2.75) is 29.0 Å². The van der Waals surface area contributed by atoms with E-state index in [1.54, 1.807) is 12.1 Å². The minimum atomic E-state index is -1.84. The molecule has 0 aromatic heterocycles. The summed E-state index contributed by atoms with van der Waals surface area (Å²) >= 11 is 14.1. The smallest absolute Gasteiger partial charge is 0.253 e. The lowest BCUT2D eigenvalue weighted by Crippen LogP contribution is -2.61. The van der Waals surface area contributed by atoms with Gasteiger partial charge in [0.1, 0.15) is 11.5 Å². The fourth-order valence-electron chi connectivity index (χ4n) is 6.47. The number of nitrogens with one attached hydrogen (secondary N) is 1. The van der Waals surface area contributed by atoms with Gasteiger partial charge in [0, 0.05) is 24.9 Å². The average molecular weight is 503 g/mol. The fraction of sp³-hybridized carbons (Fsp3) is 0.417. The van der Waals surface area contributed by atoms with E-state index in [2.05, 4.69) is 5.32 Å². The number of benzene rings is 1. The molecule has 6 rings (SSSR count). The van der Waals surface area contributed by atoms with Crippen LogP contribution >= 0.6 is 23.2 Å². The summed E-state index contributed by atoms with van der Waals surface area (Å²) in [6.45, 7) is 0. The van der Waals surface area contributed by atoms with Crippen LogP contribution in [-0.2, 0) is 25.6 Å². The number of allylic oxidation sites excluding steroid dienone is 3. The summed E-state index contributed by atoms with van der Waals surface area (Å²) in [4.78, 5) is 49.2. The lowest BCUT2D eigenvalue weighted by Gasteiger charge is -2.51. The van der Waals surface area contributed by atoms with Crippen LogP contribution in [0.25, 0.3) is 0 Å². The summed E-state index contributed by atoms with van der Waals surface area (Å²) in [5, 5.41) is 12.4. The number of fused-ring (bicyclic) bond motifs is 5. The van der Waals surface area contributed by atoms with Crippen molar-refractivity contribution in [1.29, 1.82) is 0 Å². The van der Waals surface area contributed by atoms with E-state index in [0.29, 0.717) is 35.3 Å². The zero-order chi connectivity index (χ0) is 24.2. The molecule has 4 amide bonds. The van der Waals surface area contributed by atoms with Gasteiger partial charge in [0.05, 0.1) is 18.1 Å². The average Bonchev–Trinajstić information content (AvgIpc) is 3.16. The molecule has 3 heterocycles. The minimum absolute atomic E-state index is 0.0390. The molecule has 2 aliphatic carbocycles. The molecule has 0 radical (unpaired) electrons. The molecule has 6 unspecified atom stereocenters. The predicted molar refractivity (Wildman–Crippen MR) is 120 cm³/mol. The molecular weight excluding hydrogens is 483 g/mol. The van der Waals surface area contributed by atoms with Crippen molar-refractivity contribution in [3.63, 3.8) is 0 Å². The van der Waals surface area contributed by atoms with Crippen LogP contribution in [0.3, 0.4) is 0 Å². The Kier molecular flexibility index (Phi) is 4.37. The Balaban J connectivity index is 1.53. The van der Waals surface area contributed by atoms with Crippen molar-refractivity contribution in [1.82, 2.24) is 10.2 Å². The van der Waals surface area contributed by atoms with E-state index >= 15 is 0 Å². The summed E-state index contributed by atoms with van der Waals surface area (Å²) in [6, 6.07) is 4.72. The number of imide groups is 2. The summed E-state index contributed by atoms with van der Waals surface area (Å²) in [5.74, 6) is -4.00. The molecule has 10 heteroatoms. The lowest BCUT2D eigenvalue weighted by atomic mass is 9.56. The van der Waals surface area contributed by atoms with Crippen LogP contribution in [-0.4, -0.2) is 50.4 Å². The van der Waals surface area contributed by atoms with Gasteiger partial charge < -0.3 is 9.84 Å². The van der Waals surface area contributed by atoms with Gasteiger partial charge in [0.2, 0.25) is 11.8 Å².